The minimum absolute atomic E-state index is 0.211. The van der Waals surface area contributed by atoms with Crippen LogP contribution in [-0.2, 0) is 4.79 Å². The van der Waals surface area contributed by atoms with Crippen LogP contribution in [0.2, 0.25) is 0 Å². The molecule has 1 amide bonds. The van der Waals surface area contributed by atoms with Gasteiger partial charge in [0.2, 0.25) is 5.91 Å². The topological polar surface area (TPSA) is 32.3 Å². The molecule has 2 aliphatic rings. The third kappa shape index (κ3) is 2.84. The number of amides is 1. The van der Waals surface area contributed by atoms with Gasteiger partial charge in [0.05, 0.1) is 6.04 Å². The number of nitrogens with one attached hydrogen (secondary N) is 1. The second-order valence-electron chi connectivity index (χ2n) is 4.16. The summed E-state index contributed by atoms with van der Waals surface area (Å²) < 4.78 is 36.2. The molecule has 1 heterocycles. The zero-order chi connectivity index (χ0) is 11.1. The Bertz CT molecular complexity index is 263. The molecule has 0 aromatic rings. The third-order valence-electron chi connectivity index (χ3n) is 2.68. The van der Waals surface area contributed by atoms with Crippen molar-refractivity contribution in [1.29, 1.82) is 0 Å². The number of carbonyl (C=O) groups excluding carboxylic acids is 1. The first-order chi connectivity index (χ1) is 6.96. The molecule has 0 radical (unpaired) electrons. The van der Waals surface area contributed by atoms with Crippen LogP contribution < -0.4 is 5.32 Å². The van der Waals surface area contributed by atoms with Crippen LogP contribution in [0.3, 0.4) is 0 Å². The van der Waals surface area contributed by atoms with E-state index in [0.717, 1.165) is 17.7 Å². The molecule has 0 aromatic heterocycles. The Morgan fingerprint density at radius 1 is 1.33 bits per heavy atom. The molecular weight excluding hydrogens is 209 g/mol. The quantitative estimate of drug-likeness (QED) is 0.769. The molecule has 1 atom stereocenters. The van der Waals surface area contributed by atoms with E-state index in [4.69, 9.17) is 0 Å². The lowest BCUT2D eigenvalue weighted by Gasteiger charge is -2.18. The average molecular weight is 222 g/mol. The second-order valence-corrected chi connectivity index (χ2v) is 4.16. The zero-order valence-corrected chi connectivity index (χ0v) is 8.18. The Balaban J connectivity index is 1.85. The van der Waals surface area contributed by atoms with Gasteiger partial charge in [-0.15, -0.1) is 0 Å². The van der Waals surface area contributed by atoms with Crippen molar-refractivity contribution in [3.8, 4) is 0 Å². The summed E-state index contributed by atoms with van der Waals surface area (Å²) >= 11 is 0. The Morgan fingerprint density at radius 2 is 2.00 bits per heavy atom. The summed E-state index contributed by atoms with van der Waals surface area (Å²) in [6.45, 7) is -0.905. The second kappa shape index (κ2) is 3.66. The summed E-state index contributed by atoms with van der Waals surface area (Å²) in [5, 5.41) is 3.06. The van der Waals surface area contributed by atoms with E-state index >= 15 is 0 Å². The van der Waals surface area contributed by atoms with Gasteiger partial charge in [-0.2, -0.15) is 13.2 Å². The Morgan fingerprint density at radius 3 is 2.53 bits per heavy atom. The summed E-state index contributed by atoms with van der Waals surface area (Å²) in [6.07, 6.45) is -1.73. The summed E-state index contributed by atoms with van der Waals surface area (Å²) in [5.41, 5.74) is 0. The average Bonchev–Trinajstić information content (AvgIpc) is 2.84. The summed E-state index contributed by atoms with van der Waals surface area (Å²) in [6, 6.07) is -0.0374. The van der Waals surface area contributed by atoms with Crippen LogP contribution in [0.15, 0.2) is 0 Å². The van der Waals surface area contributed by atoms with Crippen molar-refractivity contribution in [2.45, 2.75) is 37.5 Å². The highest BCUT2D eigenvalue weighted by Crippen LogP contribution is 2.24. The number of likely N-dealkylation sites (tertiary alicyclic amines) is 1. The molecule has 1 aliphatic heterocycles. The summed E-state index contributed by atoms with van der Waals surface area (Å²) in [5.74, 6) is -0.403. The summed E-state index contributed by atoms with van der Waals surface area (Å²) in [4.78, 5) is 12.4. The monoisotopic (exact) mass is 222 g/mol. The number of carbonyl (C=O) groups is 1. The number of halogens is 3. The van der Waals surface area contributed by atoms with Crippen LogP contribution >= 0.6 is 0 Å². The fourth-order valence-electron chi connectivity index (χ4n) is 1.80. The maximum Gasteiger partial charge on any atom is 0.406 e. The maximum atomic E-state index is 12.1. The largest absolute Gasteiger partial charge is 0.406 e. The van der Waals surface area contributed by atoms with E-state index in [0.29, 0.717) is 12.5 Å². The lowest BCUT2D eigenvalue weighted by Crippen LogP contribution is -2.42. The molecule has 0 spiro atoms. The normalized spacial score (nSPS) is 27.5. The molecule has 1 aliphatic carbocycles. The van der Waals surface area contributed by atoms with Gasteiger partial charge in [-0.05, 0) is 19.3 Å². The van der Waals surface area contributed by atoms with Gasteiger partial charge in [-0.25, -0.2) is 0 Å². The minimum atomic E-state index is -4.29. The predicted octanol–water partition coefficient (Wildman–Crippen LogP) is 0.902. The molecule has 15 heavy (non-hydrogen) atoms. The zero-order valence-electron chi connectivity index (χ0n) is 8.18. The molecule has 3 nitrogen and oxygen atoms in total. The molecule has 1 saturated heterocycles. The number of nitrogens with zero attached hydrogens (tertiary/aromatic N) is 1. The Hall–Kier alpha value is -0.780. The van der Waals surface area contributed by atoms with Gasteiger partial charge in [-0.3, -0.25) is 4.79 Å². The Kier molecular flexibility index (Phi) is 2.62. The first-order valence-corrected chi connectivity index (χ1v) is 5.07. The van der Waals surface area contributed by atoms with E-state index < -0.39 is 18.6 Å². The number of hydrogen-bond donors (Lipinski definition) is 1. The molecule has 6 heteroatoms. The van der Waals surface area contributed by atoms with Crippen LogP contribution in [0.4, 0.5) is 13.2 Å². The van der Waals surface area contributed by atoms with E-state index in [1.165, 1.54) is 0 Å². The van der Waals surface area contributed by atoms with E-state index in [2.05, 4.69) is 5.32 Å². The third-order valence-corrected chi connectivity index (χ3v) is 2.68. The number of alkyl halides is 3. The van der Waals surface area contributed by atoms with Crippen LogP contribution in [0.25, 0.3) is 0 Å². The summed E-state index contributed by atoms with van der Waals surface area (Å²) in [7, 11) is 0. The molecule has 1 saturated carbocycles. The van der Waals surface area contributed by atoms with Crippen LogP contribution in [0.5, 0.6) is 0 Å². The van der Waals surface area contributed by atoms with Gasteiger partial charge < -0.3 is 10.2 Å². The fourth-order valence-corrected chi connectivity index (χ4v) is 1.80. The highest BCUT2D eigenvalue weighted by molar-refractivity contribution is 5.84. The highest BCUT2D eigenvalue weighted by atomic mass is 19.4. The number of hydrogen-bond acceptors (Lipinski definition) is 2. The molecule has 2 rings (SSSR count). The first kappa shape index (κ1) is 10.7. The SMILES string of the molecule is O=C1C(NC2CC2)CCN1CC(F)(F)F. The van der Waals surface area contributed by atoms with Crippen molar-refractivity contribution < 1.29 is 18.0 Å². The fraction of sp³-hybridized carbons (Fsp3) is 0.889. The molecule has 2 fully saturated rings. The molecule has 1 N–H and O–H groups in total. The van der Waals surface area contributed by atoms with Gasteiger partial charge in [0.1, 0.15) is 6.54 Å². The van der Waals surface area contributed by atoms with Crippen LogP contribution in [0.1, 0.15) is 19.3 Å². The minimum Gasteiger partial charge on any atom is -0.332 e. The van der Waals surface area contributed by atoms with Gasteiger partial charge in [0.15, 0.2) is 0 Å². The molecular formula is C9H13F3N2O. The van der Waals surface area contributed by atoms with Crippen molar-refractivity contribution in [1.82, 2.24) is 10.2 Å². The smallest absolute Gasteiger partial charge is 0.332 e. The maximum absolute atomic E-state index is 12.1. The van der Waals surface area contributed by atoms with Crippen LogP contribution in [-0.4, -0.2) is 42.2 Å². The number of rotatable bonds is 3. The molecule has 86 valence electrons. The van der Waals surface area contributed by atoms with Crippen molar-refractivity contribution in [2.24, 2.45) is 0 Å². The van der Waals surface area contributed by atoms with Crippen LogP contribution in [0, 0.1) is 0 Å². The van der Waals surface area contributed by atoms with Gasteiger partial charge in [0.25, 0.3) is 0 Å². The molecule has 0 aromatic carbocycles. The van der Waals surface area contributed by atoms with E-state index in [9.17, 15) is 18.0 Å². The highest BCUT2D eigenvalue weighted by Gasteiger charge is 2.40. The van der Waals surface area contributed by atoms with E-state index in [1.807, 2.05) is 0 Å². The lowest BCUT2D eigenvalue weighted by molar-refractivity contribution is -0.158. The lowest BCUT2D eigenvalue weighted by atomic mass is 10.2. The predicted molar refractivity (Wildman–Crippen MR) is 47.2 cm³/mol. The van der Waals surface area contributed by atoms with Crippen molar-refractivity contribution >= 4 is 5.91 Å². The van der Waals surface area contributed by atoms with Gasteiger partial charge >= 0.3 is 6.18 Å². The van der Waals surface area contributed by atoms with Crippen molar-refractivity contribution in [3.63, 3.8) is 0 Å². The first-order valence-electron chi connectivity index (χ1n) is 5.07. The van der Waals surface area contributed by atoms with Gasteiger partial charge in [0, 0.05) is 12.6 Å². The van der Waals surface area contributed by atoms with Gasteiger partial charge in [-0.1, -0.05) is 0 Å². The van der Waals surface area contributed by atoms with Crippen molar-refractivity contribution in [3.05, 3.63) is 0 Å². The molecule has 1 unspecified atom stereocenters. The standard InChI is InChI=1S/C9H13F3N2O/c10-9(11,12)5-14-4-3-7(8(14)15)13-6-1-2-6/h6-7,13H,1-5H2. The van der Waals surface area contributed by atoms with E-state index in [1.54, 1.807) is 0 Å². The van der Waals surface area contributed by atoms with Crippen molar-refractivity contribution in [2.75, 3.05) is 13.1 Å². The Labute approximate surface area is 85.6 Å². The molecule has 0 bridgehead atoms. The van der Waals surface area contributed by atoms with E-state index in [-0.39, 0.29) is 12.6 Å².